The molecule has 0 saturated heterocycles. The van der Waals surface area contributed by atoms with Crippen molar-refractivity contribution in [1.29, 1.82) is 0 Å². The van der Waals surface area contributed by atoms with E-state index in [1.807, 2.05) is 24.3 Å². The number of amides is 2. The van der Waals surface area contributed by atoms with Crippen LogP contribution in [0, 0.1) is 0 Å². The maximum Gasteiger partial charge on any atom is 0.251 e. The fraction of sp³-hybridized carbons (Fsp3) is 0.263. The number of carbonyl (C=O) groups excluding carboxylic acids is 2. The monoisotopic (exact) mass is 310 g/mol. The Hall–Kier alpha value is -2.62. The molecule has 2 rings (SSSR count). The van der Waals surface area contributed by atoms with Gasteiger partial charge in [0.2, 0.25) is 5.91 Å². The van der Waals surface area contributed by atoms with Crippen LogP contribution in [0.4, 0.5) is 5.69 Å². The number of anilines is 1. The Kier molecular flexibility index (Phi) is 5.92. The highest BCUT2D eigenvalue weighted by molar-refractivity contribution is 5.99. The van der Waals surface area contributed by atoms with E-state index in [0.29, 0.717) is 5.56 Å². The van der Waals surface area contributed by atoms with Crippen LogP contribution in [0.5, 0.6) is 0 Å². The first-order valence-electron chi connectivity index (χ1n) is 7.89. The highest BCUT2D eigenvalue weighted by Gasteiger charge is 2.11. The summed E-state index contributed by atoms with van der Waals surface area (Å²) in [6, 6.07) is 14.9. The maximum absolute atomic E-state index is 12.2. The number of hydrogen-bond donors (Lipinski definition) is 2. The fourth-order valence-corrected chi connectivity index (χ4v) is 2.44. The third-order valence-corrected chi connectivity index (χ3v) is 3.71. The van der Waals surface area contributed by atoms with Crippen molar-refractivity contribution < 1.29 is 9.59 Å². The van der Waals surface area contributed by atoms with Gasteiger partial charge in [0, 0.05) is 11.3 Å². The molecule has 0 bridgehead atoms. The van der Waals surface area contributed by atoms with Crippen molar-refractivity contribution >= 4 is 17.5 Å². The van der Waals surface area contributed by atoms with Crippen LogP contribution in [-0.4, -0.2) is 18.4 Å². The van der Waals surface area contributed by atoms with Crippen molar-refractivity contribution in [2.75, 3.05) is 11.9 Å². The Labute approximate surface area is 136 Å². The third-order valence-electron chi connectivity index (χ3n) is 3.71. The van der Waals surface area contributed by atoms with Gasteiger partial charge in [-0.1, -0.05) is 50.2 Å². The molecule has 0 aliphatic rings. The Balaban J connectivity index is 1.99. The number of nitrogens with one attached hydrogen (secondary N) is 2. The van der Waals surface area contributed by atoms with Crippen LogP contribution in [-0.2, 0) is 17.6 Å². The smallest absolute Gasteiger partial charge is 0.251 e. The Morgan fingerprint density at radius 1 is 0.870 bits per heavy atom. The van der Waals surface area contributed by atoms with Crippen LogP contribution in [0.2, 0.25) is 0 Å². The molecule has 2 aromatic rings. The Morgan fingerprint density at radius 2 is 1.48 bits per heavy atom. The van der Waals surface area contributed by atoms with Gasteiger partial charge in [-0.3, -0.25) is 9.59 Å². The van der Waals surface area contributed by atoms with Gasteiger partial charge in [-0.15, -0.1) is 0 Å². The molecule has 0 saturated carbocycles. The molecule has 0 aromatic heterocycles. The molecule has 0 atom stereocenters. The molecule has 0 aliphatic carbocycles. The number of hydrogen-bond acceptors (Lipinski definition) is 2. The fourth-order valence-electron chi connectivity index (χ4n) is 2.44. The van der Waals surface area contributed by atoms with Crippen molar-refractivity contribution in [1.82, 2.24) is 5.32 Å². The van der Waals surface area contributed by atoms with E-state index in [2.05, 4.69) is 24.5 Å². The second-order valence-electron chi connectivity index (χ2n) is 5.26. The van der Waals surface area contributed by atoms with Crippen LogP contribution < -0.4 is 10.6 Å². The molecule has 2 aromatic carbocycles. The van der Waals surface area contributed by atoms with Gasteiger partial charge in [-0.2, -0.15) is 0 Å². The number of rotatable bonds is 6. The zero-order chi connectivity index (χ0) is 16.7. The first-order valence-corrected chi connectivity index (χ1v) is 7.89. The summed E-state index contributed by atoms with van der Waals surface area (Å²) in [7, 11) is 0. The molecule has 0 spiro atoms. The van der Waals surface area contributed by atoms with E-state index in [1.54, 1.807) is 24.3 Å². The van der Waals surface area contributed by atoms with E-state index in [-0.39, 0.29) is 18.4 Å². The zero-order valence-electron chi connectivity index (χ0n) is 13.6. The minimum atomic E-state index is -0.250. The minimum Gasteiger partial charge on any atom is -0.343 e. The predicted molar refractivity (Wildman–Crippen MR) is 92.6 cm³/mol. The maximum atomic E-state index is 12.2. The third kappa shape index (κ3) is 4.42. The molecule has 4 nitrogen and oxygen atoms in total. The van der Waals surface area contributed by atoms with Crippen LogP contribution in [0.1, 0.15) is 35.3 Å². The number of aryl methyl sites for hydroxylation is 2. The van der Waals surface area contributed by atoms with Gasteiger partial charge in [0.05, 0.1) is 6.54 Å². The van der Waals surface area contributed by atoms with E-state index < -0.39 is 0 Å². The molecule has 0 heterocycles. The lowest BCUT2D eigenvalue weighted by atomic mass is 10.0. The summed E-state index contributed by atoms with van der Waals surface area (Å²) in [5.41, 5.74) is 3.62. The molecule has 4 heteroatoms. The quantitative estimate of drug-likeness (QED) is 0.861. The molecule has 2 N–H and O–H groups in total. The van der Waals surface area contributed by atoms with Crippen LogP contribution >= 0.6 is 0 Å². The van der Waals surface area contributed by atoms with Crippen LogP contribution in [0.3, 0.4) is 0 Å². The first-order chi connectivity index (χ1) is 11.2. The van der Waals surface area contributed by atoms with E-state index in [4.69, 9.17) is 0 Å². The summed E-state index contributed by atoms with van der Waals surface area (Å²) < 4.78 is 0. The Bertz CT molecular complexity index is 659. The van der Waals surface area contributed by atoms with E-state index >= 15 is 0 Å². The Morgan fingerprint density at radius 3 is 2.04 bits per heavy atom. The lowest BCUT2D eigenvalue weighted by Gasteiger charge is -2.14. The molecular formula is C19H22N2O2. The van der Waals surface area contributed by atoms with Gasteiger partial charge in [-0.05, 0) is 36.1 Å². The highest BCUT2D eigenvalue weighted by Crippen LogP contribution is 2.22. The average molecular weight is 310 g/mol. The van der Waals surface area contributed by atoms with E-state index in [0.717, 1.165) is 29.7 Å². The van der Waals surface area contributed by atoms with Crippen LogP contribution in [0.25, 0.3) is 0 Å². The van der Waals surface area contributed by atoms with E-state index in [1.165, 1.54) is 0 Å². The highest BCUT2D eigenvalue weighted by atomic mass is 16.2. The molecule has 23 heavy (non-hydrogen) atoms. The van der Waals surface area contributed by atoms with Crippen LogP contribution in [0.15, 0.2) is 48.5 Å². The summed E-state index contributed by atoms with van der Waals surface area (Å²) in [6.45, 7) is 4.07. The van der Waals surface area contributed by atoms with Gasteiger partial charge >= 0.3 is 0 Å². The average Bonchev–Trinajstić information content (AvgIpc) is 2.60. The number of carbonyl (C=O) groups is 2. The van der Waals surface area contributed by atoms with Gasteiger partial charge in [0.15, 0.2) is 0 Å². The summed E-state index contributed by atoms with van der Waals surface area (Å²) >= 11 is 0. The van der Waals surface area contributed by atoms with Crippen molar-refractivity contribution in [3.05, 3.63) is 65.2 Å². The van der Waals surface area contributed by atoms with Crippen molar-refractivity contribution in [2.24, 2.45) is 0 Å². The normalized spacial score (nSPS) is 10.2. The first kappa shape index (κ1) is 16.7. The minimum absolute atomic E-state index is 0.0467. The lowest BCUT2D eigenvalue weighted by Crippen LogP contribution is -2.33. The van der Waals surface area contributed by atoms with Crippen molar-refractivity contribution in [2.45, 2.75) is 26.7 Å². The van der Waals surface area contributed by atoms with Gasteiger partial charge in [-0.25, -0.2) is 0 Å². The summed E-state index contributed by atoms with van der Waals surface area (Å²) in [6.07, 6.45) is 1.69. The number of para-hydroxylation sites is 1. The largest absolute Gasteiger partial charge is 0.343 e. The molecule has 0 radical (unpaired) electrons. The summed E-state index contributed by atoms with van der Waals surface area (Å²) in [5.74, 6) is -0.467. The standard InChI is InChI=1S/C19H22N2O2/c1-3-14-11-8-12-15(4-2)18(14)21-17(22)13-20-19(23)16-9-6-5-7-10-16/h5-12H,3-4,13H2,1-2H3,(H,20,23)(H,21,22). The van der Waals surface area contributed by atoms with E-state index in [9.17, 15) is 9.59 Å². The number of benzene rings is 2. The van der Waals surface area contributed by atoms with Gasteiger partial charge in [0.1, 0.15) is 0 Å². The molecule has 0 fully saturated rings. The predicted octanol–water partition coefficient (Wildman–Crippen LogP) is 3.18. The molecule has 120 valence electrons. The molecular weight excluding hydrogens is 288 g/mol. The summed E-state index contributed by atoms with van der Waals surface area (Å²) in [5, 5.41) is 5.58. The zero-order valence-corrected chi connectivity index (χ0v) is 13.6. The van der Waals surface area contributed by atoms with Gasteiger partial charge in [0.25, 0.3) is 5.91 Å². The van der Waals surface area contributed by atoms with Gasteiger partial charge < -0.3 is 10.6 Å². The topological polar surface area (TPSA) is 58.2 Å². The second-order valence-corrected chi connectivity index (χ2v) is 5.26. The molecule has 0 aliphatic heterocycles. The van der Waals surface area contributed by atoms with Crippen molar-refractivity contribution in [3.8, 4) is 0 Å². The lowest BCUT2D eigenvalue weighted by molar-refractivity contribution is -0.115. The van der Waals surface area contributed by atoms with Crippen molar-refractivity contribution in [3.63, 3.8) is 0 Å². The summed E-state index contributed by atoms with van der Waals surface area (Å²) in [4.78, 5) is 24.1. The SMILES string of the molecule is CCc1cccc(CC)c1NC(=O)CNC(=O)c1ccccc1. The molecule has 0 unspecified atom stereocenters. The molecule has 2 amide bonds. The second kappa shape index (κ2) is 8.13.